The fourth-order valence-corrected chi connectivity index (χ4v) is 1.72. The third-order valence-corrected chi connectivity index (χ3v) is 2.66. The molecule has 1 N–H and O–H groups in total. The van der Waals surface area contributed by atoms with E-state index in [0.29, 0.717) is 5.82 Å². The van der Waals surface area contributed by atoms with E-state index >= 15 is 0 Å². The van der Waals surface area contributed by atoms with E-state index < -0.39 is 5.97 Å². The summed E-state index contributed by atoms with van der Waals surface area (Å²) in [5, 5.41) is 8.69. The minimum Gasteiger partial charge on any atom is -0.476 e. The molecule has 0 amide bonds. The predicted molar refractivity (Wildman–Crippen MR) is 56.6 cm³/mol. The van der Waals surface area contributed by atoms with Gasteiger partial charge in [-0.15, -0.1) is 0 Å². The summed E-state index contributed by atoms with van der Waals surface area (Å²) in [6, 6.07) is 0. The fourth-order valence-electron chi connectivity index (χ4n) is 1.72. The van der Waals surface area contributed by atoms with E-state index in [4.69, 9.17) is 9.84 Å². The maximum absolute atomic E-state index is 10.6. The van der Waals surface area contributed by atoms with Gasteiger partial charge < -0.3 is 14.7 Å². The van der Waals surface area contributed by atoms with Crippen molar-refractivity contribution in [3.8, 4) is 0 Å². The van der Waals surface area contributed by atoms with Gasteiger partial charge in [0.1, 0.15) is 5.82 Å². The molecule has 6 nitrogen and oxygen atoms in total. The van der Waals surface area contributed by atoms with Gasteiger partial charge >= 0.3 is 5.97 Å². The predicted octanol–water partition coefficient (Wildman–Crippen LogP) is 0.400. The average Bonchev–Trinajstić information content (AvgIpc) is 2.77. The van der Waals surface area contributed by atoms with Gasteiger partial charge in [-0.25, -0.2) is 14.8 Å². The highest BCUT2D eigenvalue weighted by molar-refractivity contribution is 5.84. The molecule has 0 saturated carbocycles. The van der Waals surface area contributed by atoms with E-state index in [9.17, 15) is 4.79 Å². The Morgan fingerprint density at radius 2 is 2.38 bits per heavy atom. The standard InChI is InChI=1S/C10H13N3O3/c1-16-7-2-3-13(6-7)9-5-11-8(4-12-9)10(14)15/h4-5,7H,2-3,6H2,1H3,(H,14,15)/t7-/m0/s1. The maximum atomic E-state index is 10.6. The Hall–Kier alpha value is -1.69. The number of hydrogen-bond donors (Lipinski definition) is 1. The van der Waals surface area contributed by atoms with Gasteiger partial charge in [0.2, 0.25) is 0 Å². The summed E-state index contributed by atoms with van der Waals surface area (Å²) in [6.07, 6.45) is 3.94. The molecule has 0 aromatic carbocycles. The molecule has 1 aromatic rings. The molecule has 0 radical (unpaired) electrons. The minimum atomic E-state index is -1.06. The molecule has 1 aliphatic heterocycles. The molecule has 1 atom stereocenters. The number of methoxy groups -OCH3 is 1. The van der Waals surface area contributed by atoms with Gasteiger partial charge in [0.05, 0.1) is 18.5 Å². The zero-order valence-electron chi connectivity index (χ0n) is 8.96. The van der Waals surface area contributed by atoms with Crippen molar-refractivity contribution >= 4 is 11.8 Å². The first kappa shape index (κ1) is 10.8. The molecule has 0 spiro atoms. The van der Waals surface area contributed by atoms with E-state index in [1.165, 1.54) is 12.4 Å². The lowest BCUT2D eigenvalue weighted by atomic mass is 10.3. The van der Waals surface area contributed by atoms with Crippen LogP contribution >= 0.6 is 0 Å². The molecular weight excluding hydrogens is 210 g/mol. The van der Waals surface area contributed by atoms with Crippen LogP contribution < -0.4 is 4.90 Å². The fraction of sp³-hybridized carbons (Fsp3) is 0.500. The quantitative estimate of drug-likeness (QED) is 0.799. The van der Waals surface area contributed by atoms with Crippen LogP contribution in [0.3, 0.4) is 0 Å². The van der Waals surface area contributed by atoms with Crippen molar-refractivity contribution in [2.24, 2.45) is 0 Å². The van der Waals surface area contributed by atoms with Crippen molar-refractivity contribution < 1.29 is 14.6 Å². The third kappa shape index (κ3) is 2.11. The van der Waals surface area contributed by atoms with Crippen LogP contribution in [0.15, 0.2) is 12.4 Å². The van der Waals surface area contributed by atoms with E-state index in [0.717, 1.165) is 19.5 Å². The van der Waals surface area contributed by atoms with Crippen LogP contribution in [0.1, 0.15) is 16.9 Å². The highest BCUT2D eigenvalue weighted by atomic mass is 16.5. The molecule has 86 valence electrons. The molecule has 2 rings (SSSR count). The smallest absolute Gasteiger partial charge is 0.356 e. The molecule has 2 heterocycles. The van der Waals surface area contributed by atoms with Crippen LogP contribution in [-0.2, 0) is 4.74 Å². The summed E-state index contributed by atoms with van der Waals surface area (Å²) in [5.74, 6) is -0.361. The zero-order valence-corrected chi connectivity index (χ0v) is 8.96. The molecule has 0 unspecified atom stereocenters. The molecular formula is C10H13N3O3. The Morgan fingerprint density at radius 1 is 1.56 bits per heavy atom. The number of nitrogens with zero attached hydrogens (tertiary/aromatic N) is 3. The average molecular weight is 223 g/mol. The lowest BCUT2D eigenvalue weighted by molar-refractivity contribution is 0.0690. The van der Waals surface area contributed by atoms with Crippen molar-refractivity contribution in [3.05, 3.63) is 18.1 Å². The molecule has 0 aliphatic carbocycles. The first-order valence-corrected chi connectivity index (χ1v) is 5.04. The van der Waals surface area contributed by atoms with Gasteiger partial charge in [0.25, 0.3) is 0 Å². The summed E-state index contributed by atoms with van der Waals surface area (Å²) >= 11 is 0. The largest absolute Gasteiger partial charge is 0.476 e. The number of carboxylic acid groups (broad SMARTS) is 1. The van der Waals surface area contributed by atoms with E-state index in [2.05, 4.69) is 9.97 Å². The Morgan fingerprint density at radius 3 is 2.88 bits per heavy atom. The number of hydrogen-bond acceptors (Lipinski definition) is 5. The van der Waals surface area contributed by atoms with Gasteiger partial charge in [0.15, 0.2) is 5.69 Å². The molecule has 1 saturated heterocycles. The van der Waals surface area contributed by atoms with Gasteiger partial charge in [-0.1, -0.05) is 0 Å². The number of carboxylic acids is 1. The molecule has 1 aromatic heterocycles. The highest BCUT2D eigenvalue weighted by Crippen LogP contribution is 2.18. The third-order valence-electron chi connectivity index (χ3n) is 2.66. The number of aromatic carboxylic acids is 1. The van der Waals surface area contributed by atoms with Crippen LogP contribution in [0.25, 0.3) is 0 Å². The van der Waals surface area contributed by atoms with Gasteiger partial charge in [-0.05, 0) is 6.42 Å². The normalized spacial score (nSPS) is 20.1. The number of rotatable bonds is 3. The Balaban J connectivity index is 2.08. The van der Waals surface area contributed by atoms with Crippen LogP contribution in [0.5, 0.6) is 0 Å². The second-order valence-electron chi connectivity index (χ2n) is 3.66. The molecule has 1 fully saturated rings. The second kappa shape index (κ2) is 4.44. The summed E-state index contributed by atoms with van der Waals surface area (Å²) < 4.78 is 5.24. The van der Waals surface area contributed by atoms with E-state index in [1.54, 1.807) is 7.11 Å². The van der Waals surface area contributed by atoms with E-state index in [-0.39, 0.29) is 11.8 Å². The van der Waals surface area contributed by atoms with Crippen LogP contribution in [0.4, 0.5) is 5.82 Å². The first-order chi connectivity index (χ1) is 7.70. The SMILES string of the molecule is CO[C@H]1CCN(c2cnc(C(=O)O)cn2)C1. The topological polar surface area (TPSA) is 75.5 Å². The summed E-state index contributed by atoms with van der Waals surface area (Å²) in [5.41, 5.74) is -0.0359. The lowest BCUT2D eigenvalue weighted by Gasteiger charge is -2.16. The Kier molecular flexibility index (Phi) is 3.00. The number of anilines is 1. The Labute approximate surface area is 92.9 Å². The van der Waals surface area contributed by atoms with Crippen molar-refractivity contribution in [2.45, 2.75) is 12.5 Å². The van der Waals surface area contributed by atoms with Crippen molar-refractivity contribution in [1.82, 2.24) is 9.97 Å². The highest BCUT2D eigenvalue weighted by Gasteiger charge is 2.23. The molecule has 16 heavy (non-hydrogen) atoms. The summed E-state index contributed by atoms with van der Waals surface area (Å²) in [6.45, 7) is 1.64. The van der Waals surface area contributed by atoms with Crippen molar-refractivity contribution in [2.75, 3.05) is 25.1 Å². The molecule has 1 aliphatic rings. The summed E-state index contributed by atoms with van der Waals surface area (Å²) in [4.78, 5) is 20.5. The number of carbonyl (C=O) groups is 1. The van der Waals surface area contributed by atoms with Crippen LogP contribution in [-0.4, -0.2) is 47.3 Å². The van der Waals surface area contributed by atoms with Crippen molar-refractivity contribution in [1.29, 1.82) is 0 Å². The summed E-state index contributed by atoms with van der Waals surface area (Å²) in [7, 11) is 1.69. The minimum absolute atomic E-state index is 0.0359. The molecule has 0 bridgehead atoms. The molecule has 6 heteroatoms. The zero-order chi connectivity index (χ0) is 11.5. The van der Waals surface area contributed by atoms with E-state index in [1.807, 2.05) is 4.90 Å². The van der Waals surface area contributed by atoms with Gasteiger partial charge in [-0.2, -0.15) is 0 Å². The second-order valence-corrected chi connectivity index (χ2v) is 3.66. The number of ether oxygens (including phenoxy) is 1. The number of aromatic nitrogens is 2. The first-order valence-electron chi connectivity index (χ1n) is 5.04. The van der Waals surface area contributed by atoms with Crippen LogP contribution in [0, 0.1) is 0 Å². The van der Waals surface area contributed by atoms with Gasteiger partial charge in [0, 0.05) is 20.2 Å². The lowest BCUT2D eigenvalue weighted by Crippen LogP contribution is -2.23. The maximum Gasteiger partial charge on any atom is 0.356 e. The van der Waals surface area contributed by atoms with Gasteiger partial charge in [-0.3, -0.25) is 0 Å². The monoisotopic (exact) mass is 223 g/mol. The van der Waals surface area contributed by atoms with Crippen LogP contribution in [0.2, 0.25) is 0 Å². The Bertz CT molecular complexity index is 379. The van der Waals surface area contributed by atoms with Crippen molar-refractivity contribution in [3.63, 3.8) is 0 Å².